The Balaban J connectivity index is 2.30. The second-order valence-electron chi connectivity index (χ2n) is 9.45. The number of hydrogen-bond acceptors (Lipinski definition) is 7. The van der Waals surface area contributed by atoms with Crippen LogP contribution in [-0.4, -0.2) is 47.3 Å². The van der Waals surface area contributed by atoms with Crippen molar-refractivity contribution in [2.75, 3.05) is 19.8 Å². The first-order chi connectivity index (χ1) is 17.2. The molecule has 3 rings (SSSR count). The summed E-state index contributed by atoms with van der Waals surface area (Å²) in [7, 11) is 0. The number of ether oxygens (including phenoxy) is 3. The Morgan fingerprint density at radius 3 is 2.11 bits per heavy atom. The van der Waals surface area contributed by atoms with Crippen LogP contribution in [0.25, 0.3) is 0 Å². The maximum absolute atomic E-state index is 13.6. The highest BCUT2D eigenvalue weighted by Gasteiger charge is 2.64. The van der Waals surface area contributed by atoms with Gasteiger partial charge in [-0.2, -0.15) is 0 Å². The molecule has 1 heterocycles. The first-order valence-corrected chi connectivity index (χ1v) is 12.9. The van der Waals surface area contributed by atoms with Crippen molar-refractivity contribution in [3.63, 3.8) is 0 Å². The van der Waals surface area contributed by atoms with E-state index in [1.165, 1.54) is 0 Å². The number of nitrogens with zero attached hydrogens (tertiary/aromatic N) is 2. The Morgan fingerprint density at radius 2 is 1.61 bits per heavy atom. The van der Waals surface area contributed by atoms with E-state index in [-0.39, 0.29) is 25.7 Å². The summed E-state index contributed by atoms with van der Waals surface area (Å²) < 4.78 is 18.2. The van der Waals surface area contributed by atoms with E-state index < -0.39 is 29.2 Å². The highest BCUT2D eigenvalue weighted by atomic mass is 16.6. The largest absolute Gasteiger partial charge is 0.465 e. The molecule has 0 bridgehead atoms. The average Bonchev–Trinajstić information content (AvgIpc) is 3.19. The molecule has 1 aliphatic rings. The molecule has 0 N–H and O–H groups in total. The van der Waals surface area contributed by atoms with Gasteiger partial charge in [0.25, 0.3) is 5.41 Å². The molecule has 8 nitrogen and oxygen atoms in total. The van der Waals surface area contributed by atoms with Gasteiger partial charge in [-0.3, -0.25) is 14.4 Å². The zero-order valence-electron chi connectivity index (χ0n) is 22.3. The van der Waals surface area contributed by atoms with E-state index >= 15 is 0 Å². The SMILES string of the molecule is CCOC(=O)C(C(=O)OCC)(C(=O)OCC)C1CCCc2nc(C(C)C)n(Cc3cccc(C)c3)c21. The maximum Gasteiger partial charge on any atom is 0.335 e. The summed E-state index contributed by atoms with van der Waals surface area (Å²) in [5.41, 5.74) is 1.43. The topological polar surface area (TPSA) is 96.7 Å². The van der Waals surface area contributed by atoms with E-state index in [1.54, 1.807) is 20.8 Å². The molecule has 0 radical (unpaired) electrons. The van der Waals surface area contributed by atoms with Crippen molar-refractivity contribution < 1.29 is 28.6 Å². The Kier molecular flexibility index (Phi) is 8.93. The lowest BCUT2D eigenvalue weighted by molar-refractivity contribution is -0.186. The molecule has 1 aromatic carbocycles. The van der Waals surface area contributed by atoms with Crippen molar-refractivity contribution >= 4 is 17.9 Å². The van der Waals surface area contributed by atoms with Crippen LogP contribution in [0, 0.1) is 12.3 Å². The third-order valence-electron chi connectivity index (χ3n) is 6.60. The molecule has 8 heteroatoms. The van der Waals surface area contributed by atoms with Gasteiger partial charge in [-0.05, 0) is 52.5 Å². The number of aryl methyl sites for hydroxylation is 2. The van der Waals surface area contributed by atoms with Crippen LogP contribution in [-0.2, 0) is 41.6 Å². The molecular weight excluding hydrogens is 460 g/mol. The van der Waals surface area contributed by atoms with Gasteiger partial charge in [-0.25, -0.2) is 4.98 Å². The molecule has 36 heavy (non-hydrogen) atoms. The number of hydrogen-bond donors (Lipinski definition) is 0. The van der Waals surface area contributed by atoms with Crippen molar-refractivity contribution in [3.05, 3.63) is 52.6 Å². The lowest BCUT2D eigenvalue weighted by Crippen LogP contribution is -2.54. The van der Waals surface area contributed by atoms with E-state index in [4.69, 9.17) is 19.2 Å². The lowest BCUT2D eigenvalue weighted by Gasteiger charge is -2.37. The molecule has 1 unspecified atom stereocenters. The number of imidazole rings is 1. The number of aromatic nitrogens is 2. The van der Waals surface area contributed by atoms with Gasteiger partial charge in [0.2, 0.25) is 0 Å². The average molecular weight is 499 g/mol. The summed E-state index contributed by atoms with van der Waals surface area (Å²) in [4.78, 5) is 45.8. The molecule has 0 aliphatic heterocycles. The lowest BCUT2D eigenvalue weighted by atomic mass is 9.68. The second kappa shape index (κ2) is 11.7. The van der Waals surface area contributed by atoms with Crippen molar-refractivity contribution in [1.82, 2.24) is 9.55 Å². The number of benzene rings is 1. The minimum Gasteiger partial charge on any atom is -0.465 e. The maximum atomic E-state index is 13.6. The van der Waals surface area contributed by atoms with Gasteiger partial charge in [0, 0.05) is 24.1 Å². The highest BCUT2D eigenvalue weighted by Crippen LogP contribution is 2.48. The van der Waals surface area contributed by atoms with Gasteiger partial charge in [0.15, 0.2) is 0 Å². The van der Waals surface area contributed by atoms with Crippen LogP contribution in [0.15, 0.2) is 24.3 Å². The zero-order chi connectivity index (χ0) is 26.5. The first-order valence-electron chi connectivity index (χ1n) is 12.9. The second-order valence-corrected chi connectivity index (χ2v) is 9.45. The Labute approximate surface area is 213 Å². The monoisotopic (exact) mass is 498 g/mol. The molecule has 1 aliphatic carbocycles. The predicted octanol–water partition coefficient (Wildman–Crippen LogP) is 4.46. The van der Waals surface area contributed by atoms with Crippen LogP contribution < -0.4 is 0 Å². The normalized spacial score (nSPS) is 15.4. The molecule has 0 fully saturated rings. The fraction of sp³-hybridized carbons (Fsp3) is 0.571. The van der Waals surface area contributed by atoms with Crippen molar-refractivity contribution in [2.45, 2.75) is 79.2 Å². The third-order valence-corrected chi connectivity index (χ3v) is 6.60. The minimum absolute atomic E-state index is 0.0127. The quantitative estimate of drug-likeness (QED) is 0.271. The summed E-state index contributed by atoms with van der Waals surface area (Å²) in [6.45, 7) is 11.6. The van der Waals surface area contributed by atoms with Gasteiger partial charge in [0.1, 0.15) is 5.82 Å². The van der Waals surface area contributed by atoms with E-state index in [9.17, 15) is 14.4 Å². The summed E-state index contributed by atoms with van der Waals surface area (Å²) >= 11 is 0. The van der Waals surface area contributed by atoms with Crippen LogP contribution in [0.5, 0.6) is 0 Å². The standard InChI is InChI=1S/C28H38N2O6/c1-7-34-25(31)28(26(32)35-8-2,27(33)36-9-3)21-14-11-15-22-23(21)30(24(29-22)18(4)5)17-20-13-10-12-19(6)16-20/h10,12-13,16,18,21H,7-9,11,14-15,17H2,1-6H3. The zero-order valence-corrected chi connectivity index (χ0v) is 22.3. The number of carbonyl (C=O) groups excluding carboxylic acids is 3. The summed E-state index contributed by atoms with van der Waals surface area (Å²) in [5, 5.41) is 0. The summed E-state index contributed by atoms with van der Waals surface area (Å²) in [5.74, 6) is -2.71. The van der Waals surface area contributed by atoms with Crippen LogP contribution in [0.1, 0.15) is 87.6 Å². The molecule has 0 amide bonds. The van der Waals surface area contributed by atoms with Crippen molar-refractivity contribution in [3.8, 4) is 0 Å². The smallest absolute Gasteiger partial charge is 0.335 e. The fourth-order valence-corrected chi connectivity index (χ4v) is 5.15. The molecule has 1 aromatic heterocycles. The summed E-state index contributed by atoms with van der Waals surface area (Å²) in [6, 6.07) is 8.17. The van der Waals surface area contributed by atoms with Crippen LogP contribution in [0.3, 0.4) is 0 Å². The van der Waals surface area contributed by atoms with Crippen molar-refractivity contribution in [1.29, 1.82) is 0 Å². The molecule has 1 atom stereocenters. The fourth-order valence-electron chi connectivity index (χ4n) is 5.15. The number of rotatable bonds is 10. The van der Waals surface area contributed by atoms with E-state index in [2.05, 4.69) is 24.5 Å². The molecule has 0 saturated heterocycles. The van der Waals surface area contributed by atoms with Crippen LogP contribution in [0.4, 0.5) is 0 Å². The molecular formula is C28H38N2O6. The Hall–Kier alpha value is -3.16. The van der Waals surface area contributed by atoms with Crippen LogP contribution in [0.2, 0.25) is 0 Å². The number of fused-ring (bicyclic) bond motifs is 1. The van der Waals surface area contributed by atoms with Crippen molar-refractivity contribution in [2.24, 2.45) is 5.41 Å². The Morgan fingerprint density at radius 1 is 1.03 bits per heavy atom. The molecule has 2 aromatic rings. The number of carbonyl (C=O) groups is 3. The van der Waals surface area contributed by atoms with Gasteiger partial charge in [0.05, 0.1) is 25.5 Å². The Bertz CT molecular complexity index is 1060. The molecule has 0 spiro atoms. The van der Waals surface area contributed by atoms with Crippen LogP contribution >= 0.6 is 0 Å². The molecule has 196 valence electrons. The number of esters is 3. The predicted molar refractivity (Wildman–Crippen MR) is 135 cm³/mol. The molecule has 0 saturated carbocycles. The minimum atomic E-state index is -2.27. The summed E-state index contributed by atoms with van der Waals surface area (Å²) in [6.07, 6.45) is 1.77. The van der Waals surface area contributed by atoms with Gasteiger partial charge >= 0.3 is 17.9 Å². The third kappa shape index (κ3) is 5.04. The van der Waals surface area contributed by atoms with Gasteiger partial charge < -0.3 is 18.8 Å². The van der Waals surface area contributed by atoms with E-state index in [1.807, 2.05) is 25.1 Å². The van der Waals surface area contributed by atoms with E-state index in [0.717, 1.165) is 22.6 Å². The van der Waals surface area contributed by atoms with Gasteiger partial charge in [-0.15, -0.1) is 0 Å². The highest BCUT2D eigenvalue weighted by molar-refractivity contribution is 6.19. The van der Waals surface area contributed by atoms with E-state index in [0.29, 0.717) is 31.5 Å². The first kappa shape index (κ1) is 27.4. The van der Waals surface area contributed by atoms with Gasteiger partial charge in [-0.1, -0.05) is 43.7 Å².